The average molecular weight is 327 g/mol. The number of nitrogens with one attached hydrogen (secondary N) is 2. The van der Waals surface area contributed by atoms with E-state index in [1.807, 2.05) is 60.7 Å². The van der Waals surface area contributed by atoms with Crippen LogP contribution in [0.15, 0.2) is 65.7 Å². The summed E-state index contributed by atoms with van der Waals surface area (Å²) in [5, 5.41) is 6.48. The molecule has 5 heteroatoms. The number of para-hydroxylation sites is 2. The van der Waals surface area contributed by atoms with Gasteiger partial charge in [-0.1, -0.05) is 36.4 Å². The maximum Gasteiger partial charge on any atom is 0.191 e. The fraction of sp³-hybridized carbons (Fsp3) is 0.316. The molecule has 0 unspecified atom stereocenters. The van der Waals surface area contributed by atoms with Crippen LogP contribution in [-0.2, 0) is 0 Å². The second-order valence-corrected chi connectivity index (χ2v) is 5.10. The van der Waals surface area contributed by atoms with Crippen molar-refractivity contribution in [2.75, 3.05) is 33.4 Å². The van der Waals surface area contributed by atoms with Crippen molar-refractivity contribution >= 4 is 5.96 Å². The summed E-state index contributed by atoms with van der Waals surface area (Å²) in [5.74, 6) is 2.55. The van der Waals surface area contributed by atoms with E-state index in [2.05, 4.69) is 15.6 Å². The zero-order valence-electron chi connectivity index (χ0n) is 14.1. The van der Waals surface area contributed by atoms with E-state index in [4.69, 9.17) is 9.47 Å². The lowest BCUT2D eigenvalue weighted by Gasteiger charge is -2.12. The van der Waals surface area contributed by atoms with Crippen LogP contribution in [0.2, 0.25) is 0 Å². The largest absolute Gasteiger partial charge is 0.494 e. The highest BCUT2D eigenvalue weighted by atomic mass is 16.5. The molecule has 5 nitrogen and oxygen atoms in total. The summed E-state index contributed by atoms with van der Waals surface area (Å²) in [4.78, 5) is 4.19. The summed E-state index contributed by atoms with van der Waals surface area (Å²) in [6.07, 6.45) is 0.899. The minimum Gasteiger partial charge on any atom is -0.494 e. The Morgan fingerprint density at radius 2 is 1.33 bits per heavy atom. The van der Waals surface area contributed by atoms with Crippen molar-refractivity contribution in [1.82, 2.24) is 10.6 Å². The van der Waals surface area contributed by atoms with Crippen LogP contribution in [0.3, 0.4) is 0 Å². The summed E-state index contributed by atoms with van der Waals surface area (Å²) in [6, 6.07) is 19.6. The van der Waals surface area contributed by atoms with Gasteiger partial charge in [-0.25, -0.2) is 0 Å². The van der Waals surface area contributed by atoms with E-state index in [1.165, 1.54) is 0 Å². The number of hydrogen-bond acceptors (Lipinski definition) is 3. The van der Waals surface area contributed by atoms with E-state index >= 15 is 0 Å². The van der Waals surface area contributed by atoms with Gasteiger partial charge in [0.1, 0.15) is 18.1 Å². The first-order valence-corrected chi connectivity index (χ1v) is 8.18. The lowest BCUT2D eigenvalue weighted by atomic mass is 10.3. The number of nitrogens with zero attached hydrogens (tertiary/aromatic N) is 1. The van der Waals surface area contributed by atoms with Crippen molar-refractivity contribution in [3.05, 3.63) is 60.7 Å². The van der Waals surface area contributed by atoms with Crippen LogP contribution in [-0.4, -0.2) is 39.3 Å². The van der Waals surface area contributed by atoms with Crippen molar-refractivity contribution in [2.45, 2.75) is 6.42 Å². The molecule has 0 saturated carbocycles. The monoisotopic (exact) mass is 327 g/mol. The van der Waals surface area contributed by atoms with Gasteiger partial charge in [0.15, 0.2) is 5.96 Å². The molecule has 0 spiro atoms. The van der Waals surface area contributed by atoms with Gasteiger partial charge in [-0.05, 0) is 30.7 Å². The van der Waals surface area contributed by atoms with Crippen LogP contribution in [0.25, 0.3) is 0 Å². The zero-order chi connectivity index (χ0) is 16.9. The summed E-state index contributed by atoms with van der Waals surface area (Å²) in [5.41, 5.74) is 0. The third-order valence-electron chi connectivity index (χ3n) is 3.26. The quantitative estimate of drug-likeness (QED) is 0.422. The summed E-state index contributed by atoms with van der Waals surface area (Å²) in [6.45, 7) is 2.74. The van der Waals surface area contributed by atoms with Crippen molar-refractivity contribution < 1.29 is 9.47 Å². The molecule has 2 N–H and O–H groups in total. The molecule has 0 radical (unpaired) electrons. The molecule has 0 aromatic heterocycles. The van der Waals surface area contributed by atoms with Crippen molar-refractivity contribution in [2.24, 2.45) is 4.99 Å². The minimum atomic E-state index is 0.585. The molecule has 0 amide bonds. The molecule has 0 heterocycles. The Kier molecular flexibility index (Phi) is 8.05. The van der Waals surface area contributed by atoms with Crippen molar-refractivity contribution in [3.8, 4) is 11.5 Å². The second kappa shape index (κ2) is 10.9. The van der Waals surface area contributed by atoms with E-state index in [-0.39, 0.29) is 0 Å². The molecular formula is C19H25N3O2. The molecule has 0 bridgehead atoms. The van der Waals surface area contributed by atoms with E-state index in [0.717, 1.165) is 30.4 Å². The topological polar surface area (TPSA) is 54.9 Å². The Hall–Kier alpha value is -2.69. The van der Waals surface area contributed by atoms with Crippen LogP contribution >= 0.6 is 0 Å². The maximum absolute atomic E-state index is 5.65. The first-order valence-electron chi connectivity index (χ1n) is 8.18. The number of aliphatic imine (C=N–C) groups is 1. The first kappa shape index (κ1) is 17.7. The van der Waals surface area contributed by atoms with Crippen LogP contribution < -0.4 is 20.1 Å². The van der Waals surface area contributed by atoms with E-state index in [1.54, 1.807) is 7.05 Å². The van der Waals surface area contributed by atoms with Crippen LogP contribution in [0.4, 0.5) is 0 Å². The van der Waals surface area contributed by atoms with Gasteiger partial charge >= 0.3 is 0 Å². The molecule has 0 aliphatic carbocycles. The molecule has 0 fully saturated rings. The van der Waals surface area contributed by atoms with Gasteiger partial charge in [0.05, 0.1) is 13.2 Å². The molecular weight excluding hydrogens is 302 g/mol. The highest BCUT2D eigenvalue weighted by molar-refractivity contribution is 5.79. The number of benzene rings is 2. The van der Waals surface area contributed by atoms with Gasteiger partial charge in [-0.2, -0.15) is 0 Å². The average Bonchev–Trinajstić information content (AvgIpc) is 2.65. The zero-order valence-corrected chi connectivity index (χ0v) is 14.1. The molecule has 0 aliphatic heterocycles. The van der Waals surface area contributed by atoms with Crippen LogP contribution in [0.1, 0.15) is 6.42 Å². The van der Waals surface area contributed by atoms with Gasteiger partial charge in [-0.3, -0.25) is 4.99 Å². The fourth-order valence-corrected chi connectivity index (χ4v) is 2.06. The van der Waals surface area contributed by atoms with Gasteiger partial charge < -0.3 is 20.1 Å². The Bertz CT molecular complexity index is 588. The molecule has 0 saturated heterocycles. The normalized spacial score (nSPS) is 11.0. The summed E-state index contributed by atoms with van der Waals surface area (Å²) >= 11 is 0. The van der Waals surface area contributed by atoms with E-state index in [0.29, 0.717) is 19.8 Å². The predicted molar refractivity (Wildman–Crippen MR) is 97.9 cm³/mol. The van der Waals surface area contributed by atoms with Gasteiger partial charge in [0, 0.05) is 13.6 Å². The third-order valence-corrected chi connectivity index (χ3v) is 3.26. The van der Waals surface area contributed by atoms with Gasteiger partial charge in [0.25, 0.3) is 0 Å². The van der Waals surface area contributed by atoms with Crippen molar-refractivity contribution in [3.63, 3.8) is 0 Å². The molecule has 2 rings (SSSR count). The highest BCUT2D eigenvalue weighted by Crippen LogP contribution is 2.08. The Morgan fingerprint density at radius 3 is 1.92 bits per heavy atom. The van der Waals surface area contributed by atoms with E-state index < -0.39 is 0 Å². The fourth-order valence-electron chi connectivity index (χ4n) is 2.06. The Morgan fingerprint density at radius 1 is 0.792 bits per heavy atom. The van der Waals surface area contributed by atoms with Crippen LogP contribution in [0.5, 0.6) is 11.5 Å². The van der Waals surface area contributed by atoms with Crippen LogP contribution in [0, 0.1) is 0 Å². The Labute approximate surface area is 143 Å². The lowest BCUT2D eigenvalue weighted by molar-refractivity contribution is 0.310. The summed E-state index contributed by atoms with van der Waals surface area (Å²) in [7, 11) is 1.76. The number of ether oxygens (including phenoxy) is 2. The van der Waals surface area contributed by atoms with Gasteiger partial charge in [0.2, 0.25) is 0 Å². The van der Waals surface area contributed by atoms with Gasteiger partial charge in [-0.15, -0.1) is 0 Å². The third kappa shape index (κ3) is 7.05. The molecule has 0 atom stereocenters. The molecule has 128 valence electrons. The lowest BCUT2D eigenvalue weighted by Crippen LogP contribution is -2.40. The first-order chi connectivity index (χ1) is 11.9. The summed E-state index contributed by atoms with van der Waals surface area (Å²) < 4.78 is 11.3. The smallest absolute Gasteiger partial charge is 0.191 e. The molecule has 24 heavy (non-hydrogen) atoms. The van der Waals surface area contributed by atoms with E-state index in [9.17, 15) is 0 Å². The molecule has 2 aromatic carbocycles. The minimum absolute atomic E-state index is 0.585. The van der Waals surface area contributed by atoms with Crippen molar-refractivity contribution in [1.29, 1.82) is 0 Å². The highest BCUT2D eigenvalue weighted by Gasteiger charge is 1.98. The predicted octanol–water partition coefficient (Wildman–Crippen LogP) is 2.70. The number of hydrogen-bond donors (Lipinski definition) is 2. The second-order valence-electron chi connectivity index (χ2n) is 5.10. The Balaban J connectivity index is 1.52. The number of guanidine groups is 1. The SMILES string of the molecule is CN=C(NCCCOc1ccccc1)NCCOc1ccccc1. The standard InChI is InChI=1S/C19H25N3O2/c1-20-19(22-14-16-24-18-11-6-3-7-12-18)21-13-8-15-23-17-9-4-2-5-10-17/h2-7,9-12H,8,13-16H2,1H3,(H2,20,21,22). The maximum atomic E-state index is 5.65. The molecule has 0 aliphatic rings. The molecule has 2 aromatic rings. The number of rotatable bonds is 9.